The molecule has 0 aliphatic rings. The molecule has 0 atom stereocenters. The van der Waals surface area contributed by atoms with Gasteiger partial charge in [0.1, 0.15) is 4.60 Å². The van der Waals surface area contributed by atoms with E-state index in [2.05, 4.69) is 158 Å². The molecular formula is C42H60BrN3O. The molecule has 0 unspecified atom stereocenters. The van der Waals surface area contributed by atoms with Crippen LogP contribution in [0.1, 0.15) is 105 Å². The van der Waals surface area contributed by atoms with Crippen molar-refractivity contribution in [3.8, 4) is 22.5 Å². The summed E-state index contributed by atoms with van der Waals surface area (Å²) in [5.74, 6) is 0. The maximum Gasteiger partial charge on any atom is 0.106 e. The number of hydrogen-bond donors (Lipinski definition) is 1. The average Bonchev–Trinajstić information content (AvgIpc) is 2.96. The number of aromatic nitrogens is 2. The van der Waals surface area contributed by atoms with Crippen molar-refractivity contribution in [3.05, 3.63) is 106 Å². The van der Waals surface area contributed by atoms with Gasteiger partial charge in [0, 0.05) is 23.9 Å². The number of benzene rings is 2. The minimum absolute atomic E-state index is 0.127. The van der Waals surface area contributed by atoms with Gasteiger partial charge in [-0.3, -0.25) is 4.98 Å². The molecule has 0 aliphatic carbocycles. The molecular weight excluding hydrogens is 642 g/mol. The van der Waals surface area contributed by atoms with Gasteiger partial charge in [-0.15, -0.1) is 0 Å². The number of aliphatic hydroxyl groups excluding tert-OH is 1. The molecule has 0 saturated heterocycles. The van der Waals surface area contributed by atoms with E-state index in [1.807, 2.05) is 49.5 Å². The topological polar surface area (TPSA) is 49.2 Å². The first kappa shape index (κ1) is 40.3. The van der Waals surface area contributed by atoms with Gasteiger partial charge in [-0.2, -0.15) is 0 Å². The Balaban J connectivity index is 0.000000279. The number of likely N-dealkylation sites (N-methyl/N-ethyl adjacent to an activating group) is 1. The molecule has 0 radical (unpaired) electrons. The number of nitrogens with zero attached hydrogens (tertiary/aromatic N) is 3. The lowest BCUT2D eigenvalue weighted by molar-refractivity contribution is 0.243. The molecule has 256 valence electrons. The van der Waals surface area contributed by atoms with Crippen LogP contribution in [0.3, 0.4) is 0 Å². The molecule has 0 spiro atoms. The summed E-state index contributed by atoms with van der Waals surface area (Å²) in [7, 11) is 3.85. The third kappa shape index (κ3) is 13.3. The Morgan fingerprint density at radius 3 is 1.28 bits per heavy atom. The van der Waals surface area contributed by atoms with Gasteiger partial charge < -0.3 is 10.0 Å². The van der Waals surface area contributed by atoms with E-state index in [1.165, 1.54) is 33.4 Å². The predicted octanol–water partition coefficient (Wildman–Crippen LogP) is 11.0. The highest BCUT2D eigenvalue weighted by Gasteiger charge is 2.22. The monoisotopic (exact) mass is 701 g/mol. The molecule has 0 aliphatic heterocycles. The van der Waals surface area contributed by atoms with Crippen molar-refractivity contribution < 1.29 is 5.11 Å². The van der Waals surface area contributed by atoms with Crippen molar-refractivity contribution in [2.24, 2.45) is 0 Å². The van der Waals surface area contributed by atoms with Crippen LogP contribution in [0.2, 0.25) is 0 Å². The molecule has 0 fully saturated rings. The fraction of sp³-hybridized carbons (Fsp3) is 0.476. The third-order valence-electron chi connectivity index (χ3n) is 7.85. The van der Waals surface area contributed by atoms with Crippen LogP contribution in [0.4, 0.5) is 0 Å². The van der Waals surface area contributed by atoms with Crippen molar-refractivity contribution in [1.82, 2.24) is 14.9 Å². The van der Waals surface area contributed by atoms with E-state index in [4.69, 9.17) is 5.11 Å². The maximum absolute atomic E-state index is 8.20. The molecule has 2 aromatic heterocycles. The number of hydrogen-bond acceptors (Lipinski definition) is 4. The van der Waals surface area contributed by atoms with Crippen LogP contribution in [0.5, 0.6) is 0 Å². The van der Waals surface area contributed by atoms with Gasteiger partial charge >= 0.3 is 0 Å². The van der Waals surface area contributed by atoms with Gasteiger partial charge in [0.25, 0.3) is 0 Å². The molecule has 1 N–H and O–H groups in total. The molecule has 5 heteroatoms. The maximum atomic E-state index is 8.20. The Morgan fingerprint density at radius 1 is 0.574 bits per heavy atom. The summed E-state index contributed by atoms with van der Waals surface area (Å²) in [6, 6.07) is 25.9. The molecule has 2 aromatic carbocycles. The van der Waals surface area contributed by atoms with Crippen LogP contribution in [0.15, 0.2) is 83.6 Å². The Bertz CT molecular complexity index is 1490. The minimum Gasteiger partial charge on any atom is -0.395 e. The van der Waals surface area contributed by atoms with Gasteiger partial charge in [0.05, 0.1) is 18.0 Å². The van der Waals surface area contributed by atoms with Crippen molar-refractivity contribution in [3.63, 3.8) is 0 Å². The lowest BCUT2D eigenvalue weighted by atomic mass is 9.79. The number of aliphatic hydroxyl groups is 1. The van der Waals surface area contributed by atoms with Crippen LogP contribution in [0, 0.1) is 0 Å². The van der Waals surface area contributed by atoms with Gasteiger partial charge in [-0.05, 0) is 122 Å². The van der Waals surface area contributed by atoms with E-state index < -0.39 is 0 Å². The Morgan fingerprint density at radius 2 is 0.979 bits per heavy atom. The summed E-state index contributed by atoms with van der Waals surface area (Å²) < 4.78 is 0.874. The zero-order valence-corrected chi connectivity index (χ0v) is 33.2. The van der Waals surface area contributed by atoms with E-state index in [0.29, 0.717) is 0 Å². The standard InChI is InChI=1S/C19H24BrN.C19H25N.C4H11NO/c1-18(2,3)14-10-13(11-15(12-14)19(4,5)6)16-8-7-9-17(20)21-16;1-18(2,3)15-11-14(17-9-7-8-10-20-17)12-16(13-15)19(4,5)6;1-5(2)3-4-6/h7-12H,1-6H3;7-13H,1-6H3;6H,3-4H2,1-2H3. The fourth-order valence-electron chi connectivity index (χ4n) is 4.59. The summed E-state index contributed by atoms with van der Waals surface area (Å²) in [5.41, 5.74) is 10.4. The van der Waals surface area contributed by atoms with Crippen LogP contribution in [-0.2, 0) is 21.7 Å². The molecule has 0 amide bonds. The second-order valence-corrected chi connectivity index (χ2v) is 17.5. The minimum atomic E-state index is 0.127. The summed E-state index contributed by atoms with van der Waals surface area (Å²) in [6.45, 7) is 28.1. The predicted molar refractivity (Wildman–Crippen MR) is 207 cm³/mol. The molecule has 2 heterocycles. The second-order valence-electron chi connectivity index (χ2n) is 16.7. The van der Waals surface area contributed by atoms with Gasteiger partial charge in [-0.25, -0.2) is 4.98 Å². The largest absolute Gasteiger partial charge is 0.395 e. The van der Waals surface area contributed by atoms with Crippen molar-refractivity contribution in [1.29, 1.82) is 0 Å². The van der Waals surface area contributed by atoms with E-state index >= 15 is 0 Å². The van der Waals surface area contributed by atoms with Gasteiger partial charge in [0.2, 0.25) is 0 Å². The van der Waals surface area contributed by atoms with E-state index in [9.17, 15) is 0 Å². The Hall–Kier alpha value is -2.86. The quantitative estimate of drug-likeness (QED) is 0.215. The zero-order chi connectivity index (χ0) is 35.8. The second kappa shape index (κ2) is 16.5. The number of rotatable bonds is 4. The van der Waals surface area contributed by atoms with E-state index in [-0.39, 0.29) is 28.3 Å². The molecule has 0 bridgehead atoms. The Labute approximate surface area is 295 Å². The van der Waals surface area contributed by atoms with Crippen LogP contribution >= 0.6 is 15.9 Å². The molecule has 4 nitrogen and oxygen atoms in total. The fourth-order valence-corrected chi connectivity index (χ4v) is 4.93. The smallest absolute Gasteiger partial charge is 0.106 e. The first-order valence-corrected chi connectivity index (χ1v) is 17.4. The first-order chi connectivity index (χ1) is 21.5. The van der Waals surface area contributed by atoms with E-state index in [1.54, 1.807) is 0 Å². The van der Waals surface area contributed by atoms with Gasteiger partial charge in [0.15, 0.2) is 0 Å². The summed E-state index contributed by atoms with van der Waals surface area (Å²) in [6.07, 6.45) is 1.86. The molecule has 4 aromatic rings. The first-order valence-electron chi connectivity index (χ1n) is 16.6. The Kier molecular flexibility index (Phi) is 14.2. The van der Waals surface area contributed by atoms with Crippen molar-refractivity contribution in [2.45, 2.75) is 105 Å². The molecule has 47 heavy (non-hydrogen) atoms. The van der Waals surface area contributed by atoms with Crippen LogP contribution in [-0.4, -0.2) is 47.2 Å². The average molecular weight is 703 g/mol. The highest BCUT2D eigenvalue weighted by Crippen LogP contribution is 2.35. The lowest BCUT2D eigenvalue weighted by Crippen LogP contribution is -2.16. The number of pyridine rings is 2. The molecule has 0 saturated carbocycles. The lowest BCUT2D eigenvalue weighted by Gasteiger charge is -2.26. The highest BCUT2D eigenvalue weighted by atomic mass is 79.9. The van der Waals surface area contributed by atoms with E-state index in [0.717, 1.165) is 22.5 Å². The SMILES string of the molecule is CC(C)(C)c1cc(-c2cccc(Br)n2)cc(C(C)(C)C)c1.CC(C)(C)c1cc(-c2ccccn2)cc(C(C)(C)C)c1.CN(C)CCO. The number of halogens is 1. The zero-order valence-electron chi connectivity index (χ0n) is 31.6. The van der Waals surface area contributed by atoms with Crippen molar-refractivity contribution in [2.75, 3.05) is 27.2 Å². The van der Waals surface area contributed by atoms with Crippen LogP contribution in [0.25, 0.3) is 22.5 Å². The summed E-state index contributed by atoms with van der Waals surface area (Å²) in [4.78, 5) is 11.0. The van der Waals surface area contributed by atoms with Gasteiger partial charge in [-0.1, -0.05) is 107 Å². The summed E-state index contributed by atoms with van der Waals surface area (Å²) in [5, 5.41) is 8.20. The summed E-state index contributed by atoms with van der Waals surface area (Å²) >= 11 is 3.46. The normalized spacial score (nSPS) is 12.2. The molecule has 4 rings (SSSR count). The third-order valence-corrected chi connectivity index (χ3v) is 8.29. The van der Waals surface area contributed by atoms with Crippen molar-refractivity contribution >= 4 is 15.9 Å². The van der Waals surface area contributed by atoms with Crippen LogP contribution < -0.4 is 0 Å². The highest BCUT2D eigenvalue weighted by molar-refractivity contribution is 9.10.